The standard InChI is InChI=1S/C56H34N2O4S/c1-59-45-15-7-3-11-35(45)31-19-25-41-43(27-31)44-28-32(36-12-4-8-16-46(36)60-2)20-26-42(44)52-51(41)57-53-54(58-52)56(34-22-24-40-38-14-6-10-18-48(38)62-50(40)30-34)63-55(53)33-21-23-39-37-13-5-9-17-47(37)61-49(39)29-33/h3-30H,1-2H3. The highest BCUT2D eigenvalue weighted by molar-refractivity contribution is 7.20. The summed E-state index contributed by atoms with van der Waals surface area (Å²) < 4.78 is 24.6. The predicted molar refractivity (Wildman–Crippen MR) is 259 cm³/mol. The van der Waals surface area contributed by atoms with E-state index in [1.165, 1.54) is 0 Å². The molecule has 0 aliphatic carbocycles. The van der Waals surface area contributed by atoms with E-state index < -0.39 is 0 Å². The lowest BCUT2D eigenvalue weighted by Gasteiger charge is -2.15. The minimum atomic E-state index is 0.816. The number of benzene rings is 9. The van der Waals surface area contributed by atoms with Crippen molar-refractivity contribution < 1.29 is 18.3 Å². The van der Waals surface area contributed by atoms with Gasteiger partial charge in [-0.1, -0.05) is 109 Å². The van der Waals surface area contributed by atoms with Gasteiger partial charge in [0.25, 0.3) is 0 Å². The second-order valence-corrected chi connectivity index (χ2v) is 16.9. The highest BCUT2D eigenvalue weighted by atomic mass is 32.1. The first-order valence-electron chi connectivity index (χ1n) is 20.9. The molecule has 0 saturated carbocycles. The zero-order valence-corrected chi connectivity index (χ0v) is 34.9. The normalized spacial score (nSPS) is 12.0. The van der Waals surface area contributed by atoms with Gasteiger partial charge in [-0.15, -0.1) is 11.3 Å². The lowest BCUT2D eigenvalue weighted by molar-refractivity contribution is 0.416. The third-order valence-electron chi connectivity index (χ3n) is 12.5. The SMILES string of the molecule is COc1ccccc1-c1ccc2c(c1)c1cc(-c3ccccc3OC)ccc1c1nc3c(-c4ccc5c(c4)oc4ccccc45)sc(-c4ccc5c(c4)oc4ccccc45)c3nc21. The number of fused-ring (bicyclic) bond motifs is 13. The van der Waals surface area contributed by atoms with E-state index in [1.54, 1.807) is 25.6 Å². The van der Waals surface area contributed by atoms with Crippen molar-refractivity contribution >= 4 is 98.8 Å². The van der Waals surface area contributed by atoms with Crippen LogP contribution in [0.25, 0.3) is 131 Å². The number of aromatic nitrogens is 2. The summed E-state index contributed by atoms with van der Waals surface area (Å²) in [4.78, 5) is 13.4. The van der Waals surface area contributed by atoms with Crippen molar-refractivity contribution in [3.05, 3.63) is 170 Å². The van der Waals surface area contributed by atoms with Crippen molar-refractivity contribution in [3.8, 4) is 54.6 Å². The molecular weight excluding hydrogens is 797 g/mol. The number of ether oxygens (including phenoxy) is 2. The van der Waals surface area contributed by atoms with Crippen molar-refractivity contribution in [2.24, 2.45) is 0 Å². The summed E-state index contributed by atoms with van der Waals surface area (Å²) in [5, 5.41) is 8.53. The van der Waals surface area contributed by atoms with Gasteiger partial charge < -0.3 is 18.3 Å². The van der Waals surface area contributed by atoms with Crippen LogP contribution in [0.4, 0.5) is 0 Å². The molecule has 0 unspecified atom stereocenters. The van der Waals surface area contributed by atoms with E-state index in [-0.39, 0.29) is 0 Å². The molecule has 0 aliphatic rings. The van der Waals surface area contributed by atoms with Gasteiger partial charge >= 0.3 is 0 Å². The van der Waals surface area contributed by atoms with Crippen LogP contribution in [0.2, 0.25) is 0 Å². The Kier molecular flexibility index (Phi) is 7.80. The summed E-state index contributed by atoms with van der Waals surface area (Å²) in [6.45, 7) is 0. The van der Waals surface area contributed by atoms with E-state index in [0.717, 1.165) is 142 Å². The molecule has 4 heterocycles. The molecule has 7 heteroatoms. The van der Waals surface area contributed by atoms with E-state index in [1.807, 2.05) is 60.7 Å². The van der Waals surface area contributed by atoms with Gasteiger partial charge in [0.1, 0.15) is 44.9 Å². The van der Waals surface area contributed by atoms with Crippen LogP contribution in [-0.2, 0) is 0 Å². The van der Waals surface area contributed by atoms with Crippen LogP contribution in [0, 0.1) is 0 Å². The molecule has 0 saturated heterocycles. The van der Waals surface area contributed by atoms with Crippen LogP contribution >= 0.6 is 11.3 Å². The zero-order valence-electron chi connectivity index (χ0n) is 34.1. The Morgan fingerprint density at radius 3 is 1.22 bits per heavy atom. The van der Waals surface area contributed by atoms with Gasteiger partial charge in [-0.3, -0.25) is 0 Å². The second kappa shape index (κ2) is 13.8. The lowest BCUT2D eigenvalue weighted by Crippen LogP contribution is -1.93. The maximum Gasteiger partial charge on any atom is 0.136 e. The van der Waals surface area contributed by atoms with Crippen molar-refractivity contribution in [2.45, 2.75) is 0 Å². The number of para-hydroxylation sites is 4. The Hall–Kier alpha value is -8.00. The van der Waals surface area contributed by atoms with Crippen LogP contribution in [-0.4, -0.2) is 24.2 Å². The molecule has 4 aromatic heterocycles. The Labute approximate surface area is 364 Å². The minimum Gasteiger partial charge on any atom is -0.496 e. The number of methoxy groups -OCH3 is 2. The molecule has 0 atom stereocenters. The molecule has 0 bridgehead atoms. The van der Waals surface area contributed by atoms with Gasteiger partial charge in [-0.05, 0) is 93.7 Å². The fraction of sp³-hybridized carbons (Fsp3) is 0.0357. The van der Waals surface area contributed by atoms with Crippen molar-refractivity contribution in [2.75, 3.05) is 14.2 Å². The van der Waals surface area contributed by atoms with Crippen LogP contribution in [0.15, 0.2) is 179 Å². The highest BCUT2D eigenvalue weighted by Gasteiger charge is 2.23. The van der Waals surface area contributed by atoms with Crippen LogP contribution in [0.3, 0.4) is 0 Å². The molecule has 13 aromatic rings. The first-order valence-corrected chi connectivity index (χ1v) is 21.7. The summed E-state index contributed by atoms with van der Waals surface area (Å²) in [5.41, 5.74) is 12.9. The van der Waals surface area contributed by atoms with Gasteiger partial charge in [-0.2, -0.15) is 0 Å². The Balaban J connectivity index is 1.12. The molecule has 0 radical (unpaired) electrons. The smallest absolute Gasteiger partial charge is 0.136 e. The molecule has 0 fully saturated rings. The summed E-state index contributed by atoms with van der Waals surface area (Å²) >= 11 is 1.70. The second-order valence-electron chi connectivity index (χ2n) is 15.9. The van der Waals surface area contributed by atoms with E-state index in [4.69, 9.17) is 28.3 Å². The van der Waals surface area contributed by atoms with Crippen LogP contribution < -0.4 is 9.47 Å². The van der Waals surface area contributed by atoms with Crippen molar-refractivity contribution in [1.29, 1.82) is 0 Å². The van der Waals surface area contributed by atoms with Gasteiger partial charge in [0.2, 0.25) is 0 Å². The van der Waals surface area contributed by atoms with Crippen molar-refractivity contribution in [1.82, 2.24) is 9.97 Å². The number of hydrogen-bond donors (Lipinski definition) is 0. The topological polar surface area (TPSA) is 70.5 Å². The summed E-state index contributed by atoms with van der Waals surface area (Å²) in [7, 11) is 3.44. The van der Waals surface area contributed by atoms with Crippen molar-refractivity contribution in [3.63, 3.8) is 0 Å². The fourth-order valence-electron chi connectivity index (χ4n) is 9.50. The average Bonchev–Trinajstić information content (AvgIpc) is 4.04. The number of furan rings is 2. The molecule has 0 spiro atoms. The third kappa shape index (κ3) is 5.43. The monoisotopic (exact) mass is 830 g/mol. The van der Waals surface area contributed by atoms with Gasteiger partial charge in [-0.25, -0.2) is 9.97 Å². The molecule has 13 rings (SSSR count). The number of hydrogen-bond acceptors (Lipinski definition) is 7. The molecule has 6 nitrogen and oxygen atoms in total. The molecule has 298 valence electrons. The highest BCUT2D eigenvalue weighted by Crippen LogP contribution is 2.48. The molecule has 0 N–H and O–H groups in total. The van der Waals surface area contributed by atoms with E-state index >= 15 is 0 Å². The summed E-state index contributed by atoms with van der Waals surface area (Å²) in [6.07, 6.45) is 0. The molecule has 9 aromatic carbocycles. The lowest BCUT2D eigenvalue weighted by atomic mass is 9.92. The fourth-order valence-corrected chi connectivity index (χ4v) is 10.7. The Morgan fingerprint density at radius 2 is 0.746 bits per heavy atom. The van der Waals surface area contributed by atoms with E-state index in [2.05, 4.69) is 109 Å². The number of rotatable bonds is 6. The van der Waals surface area contributed by atoms with Crippen LogP contribution in [0.1, 0.15) is 0 Å². The molecule has 63 heavy (non-hydrogen) atoms. The maximum atomic E-state index is 6.43. The largest absolute Gasteiger partial charge is 0.496 e. The van der Waals surface area contributed by atoms with E-state index in [9.17, 15) is 0 Å². The Morgan fingerprint density at radius 1 is 0.349 bits per heavy atom. The minimum absolute atomic E-state index is 0.816. The first kappa shape index (κ1) is 35.7. The van der Waals surface area contributed by atoms with Gasteiger partial charge in [0, 0.05) is 43.4 Å². The first-order chi connectivity index (χ1) is 31.1. The Bertz CT molecular complexity index is 3770. The predicted octanol–water partition coefficient (Wildman–Crippen LogP) is 15.6. The number of nitrogens with zero attached hydrogens (tertiary/aromatic N) is 2. The van der Waals surface area contributed by atoms with Crippen LogP contribution in [0.5, 0.6) is 11.5 Å². The molecule has 0 amide bonds. The van der Waals surface area contributed by atoms with Gasteiger partial charge in [0.05, 0.1) is 35.0 Å². The quantitative estimate of drug-likeness (QED) is 0.155. The van der Waals surface area contributed by atoms with Gasteiger partial charge in [0.15, 0.2) is 0 Å². The third-order valence-corrected chi connectivity index (χ3v) is 13.8. The average molecular weight is 831 g/mol. The summed E-state index contributed by atoms with van der Waals surface area (Å²) in [6, 6.07) is 59.0. The zero-order chi connectivity index (χ0) is 41.8. The molecular formula is C56H34N2O4S. The summed E-state index contributed by atoms with van der Waals surface area (Å²) in [5.74, 6) is 1.63. The molecule has 0 aliphatic heterocycles. The maximum absolute atomic E-state index is 6.43. The number of thiophene rings is 1. The van der Waals surface area contributed by atoms with E-state index in [0.29, 0.717) is 0 Å².